The average molecular weight is 457 g/mol. The molecule has 2 nitrogen and oxygen atoms in total. The smallest absolute Gasteiger partial charge is 0.303 e. The van der Waals surface area contributed by atoms with Crippen molar-refractivity contribution in [3.05, 3.63) is 59.7 Å². The quantitative estimate of drug-likeness (QED) is 0.143. The molecule has 0 radical (unpaired) electrons. The highest BCUT2D eigenvalue weighted by Gasteiger charge is 2.13. The van der Waals surface area contributed by atoms with Gasteiger partial charge in [-0.15, -0.1) is 0 Å². The molecule has 0 saturated heterocycles. The Morgan fingerprint density at radius 2 is 1.03 bits per heavy atom. The Morgan fingerprint density at radius 1 is 0.588 bits per heavy atom. The third kappa shape index (κ3) is 5.90. The molecule has 180 valence electrons. The van der Waals surface area contributed by atoms with Gasteiger partial charge in [-0.05, 0) is 75.5 Å². The van der Waals surface area contributed by atoms with Gasteiger partial charge in [0.15, 0.2) is 0 Å². The molecule has 1 N–H and O–H groups in total. The summed E-state index contributed by atoms with van der Waals surface area (Å²) in [7, 11) is 0. The van der Waals surface area contributed by atoms with Crippen molar-refractivity contribution in [3.8, 4) is 0 Å². The Balaban J connectivity index is 1.48. The molecule has 34 heavy (non-hydrogen) atoms. The summed E-state index contributed by atoms with van der Waals surface area (Å²) in [6.45, 7) is 2.28. The van der Waals surface area contributed by atoms with E-state index in [1.165, 1.54) is 101 Å². The van der Waals surface area contributed by atoms with Crippen LogP contribution in [0.4, 0.5) is 0 Å². The number of carbonyl (C=O) groups is 1. The highest BCUT2D eigenvalue weighted by atomic mass is 16.4. The van der Waals surface area contributed by atoms with E-state index in [-0.39, 0.29) is 6.42 Å². The Labute approximate surface area is 204 Å². The Kier molecular flexibility index (Phi) is 8.79. The lowest BCUT2D eigenvalue weighted by molar-refractivity contribution is -0.137. The van der Waals surface area contributed by atoms with Gasteiger partial charge in [-0.2, -0.15) is 0 Å². The first-order chi connectivity index (χ1) is 16.7. The van der Waals surface area contributed by atoms with Crippen molar-refractivity contribution in [1.82, 2.24) is 0 Å². The normalized spacial score (nSPS) is 11.8. The van der Waals surface area contributed by atoms with Gasteiger partial charge < -0.3 is 5.11 Å². The minimum absolute atomic E-state index is 0.278. The molecule has 0 fully saturated rings. The molecular weight excluding hydrogens is 416 g/mol. The largest absolute Gasteiger partial charge is 0.481 e. The minimum atomic E-state index is -0.689. The van der Waals surface area contributed by atoms with Crippen LogP contribution in [0.3, 0.4) is 0 Å². The second kappa shape index (κ2) is 12.2. The van der Waals surface area contributed by atoms with Gasteiger partial charge in [0.1, 0.15) is 0 Å². The maximum atomic E-state index is 10.8. The number of carboxylic acid groups (broad SMARTS) is 1. The van der Waals surface area contributed by atoms with Crippen molar-refractivity contribution in [3.63, 3.8) is 0 Å². The molecule has 0 saturated carbocycles. The molecule has 0 unspecified atom stereocenters. The van der Waals surface area contributed by atoms with Gasteiger partial charge in [0, 0.05) is 6.42 Å². The number of unbranched alkanes of at least 4 members (excludes halogenated alkanes) is 9. The van der Waals surface area contributed by atoms with Gasteiger partial charge in [-0.3, -0.25) is 4.79 Å². The first kappa shape index (κ1) is 24.5. The van der Waals surface area contributed by atoms with E-state index in [0.717, 1.165) is 25.7 Å². The van der Waals surface area contributed by atoms with Crippen LogP contribution in [0.25, 0.3) is 32.3 Å². The van der Waals surface area contributed by atoms with Crippen LogP contribution in [0, 0.1) is 0 Å². The monoisotopic (exact) mass is 456 g/mol. The summed E-state index contributed by atoms with van der Waals surface area (Å²) in [5.41, 5.74) is 2.89. The Bertz CT molecular complexity index is 1210. The Morgan fingerprint density at radius 3 is 1.53 bits per heavy atom. The molecular formula is C32H40O2. The highest BCUT2D eigenvalue weighted by Crippen LogP contribution is 2.38. The van der Waals surface area contributed by atoms with E-state index in [2.05, 4.69) is 55.5 Å². The first-order valence-corrected chi connectivity index (χ1v) is 13.6. The van der Waals surface area contributed by atoms with Crippen molar-refractivity contribution in [2.45, 2.75) is 96.8 Å². The first-order valence-electron chi connectivity index (χ1n) is 13.6. The standard InChI is InChI=1S/C32H40O2/c1-2-3-4-5-6-7-8-10-13-24-16-18-26-20-21-27-19-17-25(14-11-9-12-15-30(33)34)29-23-22-28(24)31(26)32(27)29/h16-23H,2-15H2,1H3,(H,33,34). The van der Waals surface area contributed by atoms with Crippen molar-refractivity contribution in [1.29, 1.82) is 0 Å². The van der Waals surface area contributed by atoms with E-state index < -0.39 is 5.97 Å². The maximum absolute atomic E-state index is 10.8. The van der Waals surface area contributed by atoms with Crippen LogP contribution in [0.1, 0.15) is 95.1 Å². The number of benzene rings is 4. The van der Waals surface area contributed by atoms with E-state index in [0.29, 0.717) is 0 Å². The second-order valence-corrected chi connectivity index (χ2v) is 10.1. The number of hydrogen-bond acceptors (Lipinski definition) is 1. The molecule has 4 aromatic carbocycles. The number of carboxylic acids is 1. The predicted octanol–water partition coefficient (Wildman–Crippen LogP) is 9.45. The summed E-state index contributed by atoms with van der Waals surface area (Å²) in [6.07, 6.45) is 16.1. The molecule has 0 atom stereocenters. The van der Waals surface area contributed by atoms with Crippen molar-refractivity contribution >= 4 is 38.3 Å². The third-order valence-corrected chi connectivity index (χ3v) is 7.48. The average Bonchev–Trinajstić information content (AvgIpc) is 2.85. The highest BCUT2D eigenvalue weighted by molar-refractivity contribution is 6.24. The van der Waals surface area contributed by atoms with Gasteiger partial charge in [-0.1, -0.05) is 107 Å². The number of rotatable bonds is 15. The van der Waals surface area contributed by atoms with Crippen LogP contribution >= 0.6 is 0 Å². The van der Waals surface area contributed by atoms with Crippen LogP contribution in [-0.4, -0.2) is 11.1 Å². The van der Waals surface area contributed by atoms with E-state index >= 15 is 0 Å². The van der Waals surface area contributed by atoms with Gasteiger partial charge in [0.2, 0.25) is 0 Å². The molecule has 0 aliphatic heterocycles. The lowest BCUT2D eigenvalue weighted by Gasteiger charge is -2.16. The zero-order valence-electron chi connectivity index (χ0n) is 20.9. The SMILES string of the molecule is CCCCCCCCCCc1ccc2ccc3ccc(CCCCCC(=O)O)c4ccc1c2c34. The summed E-state index contributed by atoms with van der Waals surface area (Å²) < 4.78 is 0. The molecule has 0 aliphatic rings. The van der Waals surface area contributed by atoms with E-state index in [1.807, 2.05) is 0 Å². The second-order valence-electron chi connectivity index (χ2n) is 10.1. The molecule has 0 bridgehead atoms. The van der Waals surface area contributed by atoms with Gasteiger partial charge in [-0.25, -0.2) is 0 Å². The van der Waals surface area contributed by atoms with Crippen LogP contribution in [0.2, 0.25) is 0 Å². The van der Waals surface area contributed by atoms with Gasteiger partial charge in [0.25, 0.3) is 0 Å². The van der Waals surface area contributed by atoms with Gasteiger partial charge in [0.05, 0.1) is 0 Å². The van der Waals surface area contributed by atoms with Crippen LogP contribution < -0.4 is 0 Å². The summed E-state index contributed by atoms with van der Waals surface area (Å²) in [6, 6.07) is 18.5. The van der Waals surface area contributed by atoms with Crippen LogP contribution in [-0.2, 0) is 17.6 Å². The molecule has 0 aliphatic carbocycles. The molecule has 0 aromatic heterocycles. The number of aliphatic carboxylic acids is 1. The minimum Gasteiger partial charge on any atom is -0.481 e. The molecule has 0 amide bonds. The molecule has 4 aromatic rings. The fraction of sp³-hybridized carbons (Fsp3) is 0.469. The zero-order chi connectivity index (χ0) is 23.8. The fourth-order valence-corrected chi connectivity index (χ4v) is 5.58. The topological polar surface area (TPSA) is 37.3 Å². The fourth-order valence-electron chi connectivity index (χ4n) is 5.58. The van der Waals surface area contributed by atoms with Gasteiger partial charge >= 0.3 is 5.97 Å². The van der Waals surface area contributed by atoms with Crippen molar-refractivity contribution < 1.29 is 9.90 Å². The molecule has 0 heterocycles. The molecule has 4 rings (SSSR count). The molecule has 0 spiro atoms. The predicted molar refractivity (Wildman–Crippen MR) is 146 cm³/mol. The maximum Gasteiger partial charge on any atom is 0.303 e. The molecule has 2 heteroatoms. The van der Waals surface area contributed by atoms with Crippen molar-refractivity contribution in [2.24, 2.45) is 0 Å². The summed E-state index contributed by atoms with van der Waals surface area (Å²) >= 11 is 0. The van der Waals surface area contributed by atoms with Crippen LogP contribution in [0.15, 0.2) is 48.5 Å². The van der Waals surface area contributed by atoms with Crippen molar-refractivity contribution in [2.75, 3.05) is 0 Å². The van der Waals surface area contributed by atoms with E-state index in [1.54, 1.807) is 0 Å². The summed E-state index contributed by atoms with van der Waals surface area (Å²) in [5.74, 6) is -0.689. The third-order valence-electron chi connectivity index (χ3n) is 7.48. The number of hydrogen-bond donors (Lipinski definition) is 1. The lowest BCUT2D eigenvalue weighted by atomic mass is 9.88. The van der Waals surface area contributed by atoms with E-state index in [9.17, 15) is 4.79 Å². The zero-order valence-corrected chi connectivity index (χ0v) is 20.9. The van der Waals surface area contributed by atoms with E-state index in [4.69, 9.17) is 5.11 Å². The lowest BCUT2D eigenvalue weighted by Crippen LogP contribution is -1.95. The Hall–Kier alpha value is -2.61. The summed E-state index contributed by atoms with van der Waals surface area (Å²) in [4.78, 5) is 10.8. The van der Waals surface area contributed by atoms with Crippen LogP contribution in [0.5, 0.6) is 0 Å². The number of aryl methyl sites for hydroxylation is 2. The summed E-state index contributed by atoms with van der Waals surface area (Å²) in [5, 5.41) is 17.2.